The van der Waals surface area contributed by atoms with Gasteiger partial charge in [-0.25, -0.2) is 4.98 Å². The van der Waals surface area contributed by atoms with Gasteiger partial charge in [-0.3, -0.25) is 4.79 Å². The van der Waals surface area contributed by atoms with E-state index in [1.54, 1.807) is 0 Å². The van der Waals surface area contributed by atoms with Crippen LogP contribution >= 0.6 is 0 Å². The summed E-state index contributed by atoms with van der Waals surface area (Å²) < 4.78 is 2.01. The molecule has 0 unspecified atom stereocenters. The van der Waals surface area contributed by atoms with Gasteiger partial charge in [-0.05, 0) is 55.2 Å². The molecule has 1 amide bonds. The fraction of sp³-hybridized carbons (Fsp3) is 0.250. The van der Waals surface area contributed by atoms with Crippen LogP contribution in [-0.4, -0.2) is 28.7 Å². The second-order valence-electron chi connectivity index (χ2n) is 6.28. The van der Waals surface area contributed by atoms with Crippen LogP contribution in [0.25, 0.3) is 16.7 Å². The van der Waals surface area contributed by atoms with Crippen LogP contribution in [0.3, 0.4) is 0 Å². The van der Waals surface area contributed by atoms with Crippen molar-refractivity contribution in [2.24, 2.45) is 0 Å². The number of nitrogens with two attached hydrogens (primary N) is 1. The zero-order valence-corrected chi connectivity index (χ0v) is 14.6. The molecule has 0 radical (unpaired) electrons. The average molecular weight is 349 g/mol. The van der Waals surface area contributed by atoms with Crippen molar-refractivity contribution in [2.45, 2.75) is 25.7 Å². The molecule has 6 heteroatoms. The highest BCUT2D eigenvalue weighted by atomic mass is 16.1. The minimum absolute atomic E-state index is 0.596. The molecule has 0 atom stereocenters. The van der Waals surface area contributed by atoms with Crippen molar-refractivity contribution in [1.82, 2.24) is 14.9 Å². The second kappa shape index (κ2) is 8.29. The van der Waals surface area contributed by atoms with Crippen LogP contribution in [0.2, 0.25) is 0 Å². The molecule has 0 aliphatic rings. The molecule has 134 valence electrons. The summed E-state index contributed by atoms with van der Waals surface area (Å²) in [6.07, 6.45) is 10.1. The van der Waals surface area contributed by atoms with E-state index in [0.717, 1.165) is 55.4 Å². The maximum absolute atomic E-state index is 10.2. The maximum atomic E-state index is 10.2. The Hall–Kier alpha value is -3.15. The second-order valence-corrected chi connectivity index (χ2v) is 6.28. The number of hydrogen-bond acceptors (Lipinski definition) is 4. The van der Waals surface area contributed by atoms with E-state index in [2.05, 4.69) is 22.4 Å². The van der Waals surface area contributed by atoms with E-state index in [1.165, 1.54) is 11.8 Å². The summed E-state index contributed by atoms with van der Waals surface area (Å²) in [5, 5.41) is 11.2. The van der Waals surface area contributed by atoms with Crippen molar-refractivity contribution in [3.8, 4) is 5.69 Å². The third-order valence-corrected chi connectivity index (χ3v) is 4.46. The maximum Gasteiger partial charge on any atom is 0.207 e. The van der Waals surface area contributed by atoms with Crippen LogP contribution in [0.5, 0.6) is 0 Å². The summed E-state index contributed by atoms with van der Waals surface area (Å²) in [6.45, 7) is 0.739. The number of unbranched alkanes of at least 4 members (excludes halogenated alkanes) is 2. The number of anilines is 1. The van der Waals surface area contributed by atoms with Gasteiger partial charge in [0.1, 0.15) is 5.65 Å². The summed E-state index contributed by atoms with van der Waals surface area (Å²) in [7, 11) is 0. The summed E-state index contributed by atoms with van der Waals surface area (Å²) in [5.41, 5.74) is 10.2. The van der Waals surface area contributed by atoms with E-state index in [4.69, 9.17) is 11.1 Å². The van der Waals surface area contributed by atoms with E-state index in [-0.39, 0.29) is 0 Å². The smallest absolute Gasteiger partial charge is 0.207 e. The number of amides is 1. The first-order valence-corrected chi connectivity index (χ1v) is 8.76. The van der Waals surface area contributed by atoms with Gasteiger partial charge < -0.3 is 21.0 Å². The highest BCUT2D eigenvalue weighted by molar-refractivity contribution is 5.86. The number of benzene rings is 1. The van der Waals surface area contributed by atoms with Gasteiger partial charge in [0.2, 0.25) is 6.41 Å². The van der Waals surface area contributed by atoms with Crippen molar-refractivity contribution >= 4 is 29.3 Å². The molecule has 0 saturated heterocycles. The average Bonchev–Trinajstić information content (AvgIpc) is 3.08. The van der Waals surface area contributed by atoms with Gasteiger partial charge in [0, 0.05) is 47.5 Å². The van der Waals surface area contributed by atoms with Gasteiger partial charge in [-0.2, -0.15) is 0 Å². The molecular weight excluding hydrogens is 326 g/mol. The summed E-state index contributed by atoms with van der Waals surface area (Å²) in [5.74, 6) is 0. The molecular formula is C20H23N5O. The van der Waals surface area contributed by atoms with Crippen molar-refractivity contribution < 1.29 is 4.79 Å². The molecule has 26 heavy (non-hydrogen) atoms. The van der Waals surface area contributed by atoms with Gasteiger partial charge in [-0.1, -0.05) is 6.42 Å². The molecule has 0 bridgehead atoms. The van der Waals surface area contributed by atoms with Gasteiger partial charge in [0.15, 0.2) is 0 Å². The number of fused-ring (bicyclic) bond motifs is 1. The molecule has 3 aromatic rings. The Bertz CT molecular complexity index is 916. The van der Waals surface area contributed by atoms with E-state index < -0.39 is 0 Å². The molecule has 0 aliphatic carbocycles. The molecule has 1 aromatic carbocycles. The standard InChI is InChI=1S/C20H23N5O/c21-12-17-11-18(5-6-19(17)22)25-9-7-16-10-15(13-24-20(16)25)4-2-1-3-8-23-14-26/h5-7,9-14,21H,1-4,8,22H2,(H,23,26). The van der Waals surface area contributed by atoms with Crippen LogP contribution in [-0.2, 0) is 11.2 Å². The number of nitrogens with one attached hydrogen (secondary N) is 2. The fourth-order valence-electron chi connectivity index (χ4n) is 3.04. The van der Waals surface area contributed by atoms with Crippen molar-refractivity contribution in [3.05, 3.63) is 53.9 Å². The van der Waals surface area contributed by atoms with E-state index in [0.29, 0.717) is 11.3 Å². The molecule has 4 N–H and O–H groups in total. The van der Waals surface area contributed by atoms with Gasteiger partial charge in [0.25, 0.3) is 0 Å². The Morgan fingerprint density at radius 2 is 2.08 bits per heavy atom. The predicted octanol–water partition coefficient (Wildman–Crippen LogP) is 3.06. The lowest BCUT2D eigenvalue weighted by Gasteiger charge is -2.08. The third kappa shape index (κ3) is 3.91. The van der Waals surface area contributed by atoms with Gasteiger partial charge >= 0.3 is 0 Å². The lowest BCUT2D eigenvalue weighted by atomic mass is 10.1. The van der Waals surface area contributed by atoms with Crippen LogP contribution in [0, 0.1) is 5.41 Å². The number of aromatic nitrogens is 2. The molecule has 2 heterocycles. The van der Waals surface area contributed by atoms with Crippen molar-refractivity contribution in [3.63, 3.8) is 0 Å². The zero-order chi connectivity index (χ0) is 18.4. The SMILES string of the molecule is N=Cc1cc(-n2ccc3cc(CCCCCNC=O)cnc32)ccc1N. The quantitative estimate of drug-likeness (QED) is 0.240. The van der Waals surface area contributed by atoms with Crippen LogP contribution in [0.4, 0.5) is 5.69 Å². The Morgan fingerprint density at radius 3 is 2.88 bits per heavy atom. The Kier molecular flexibility index (Phi) is 5.63. The van der Waals surface area contributed by atoms with Crippen molar-refractivity contribution in [2.75, 3.05) is 12.3 Å². The normalized spacial score (nSPS) is 10.8. The number of pyridine rings is 1. The zero-order valence-electron chi connectivity index (χ0n) is 14.6. The number of carbonyl (C=O) groups excluding carboxylic acids is 1. The number of nitrogens with zero attached hydrogens (tertiary/aromatic N) is 2. The Labute approximate surface area is 152 Å². The Morgan fingerprint density at radius 1 is 1.19 bits per heavy atom. The lowest BCUT2D eigenvalue weighted by molar-refractivity contribution is -0.109. The highest BCUT2D eigenvalue weighted by Gasteiger charge is 2.07. The van der Waals surface area contributed by atoms with E-state index in [9.17, 15) is 4.79 Å². The number of rotatable bonds is 9. The molecule has 0 fully saturated rings. The number of carbonyl (C=O) groups is 1. The number of nitrogen functional groups attached to an aromatic ring is 1. The van der Waals surface area contributed by atoms with Crippen molar-refractivity contribution in [1.29, 1.82) is 5.41 Å². The summed E-state index contributed by atoms with van der Waals surface area (Å²) in [6, 6.07) is 9.88. The largest absolute Gasteiger partial charge is 0.398 e. The van der Waals surface area contributed by atoms with Crippen LogP contribution < -0.4 is 11.1 Å². The predicted molar refractivity (Wildman–Crippen MR) is 105 cm³/mol. The molecule has 6 nitrogen and oxygen atoms in total. The van der Waals surface area contributed by atoms with Gasteiger partial charge in [-0.15, -0.1) is 0 Å². The third-order valence-electron chi connectivity index (χ3n) is 4.46. The highest BCUT2D eigenvalue weighted by Crippen LogP contribution is 2.22. The minimum Gasteiger partial charge on any atom is -0.398 e. The lowest BCUT2D eigenvalue weighted by Crippen LogP contribution is -2.11. The van der Waals surface area contributed by atoms with Crippen LogP contribution in [0.1, 0.15) is 30.4 Å². The Balaban J connectivity index is 1.73. The fourth-order valence-corrected chi connectivity index (χ4v) is 3.04. The number of aryl methyl sites for hydroxylation is 1. The number of hydrogen-bond donors (Lipinski definition) is 3. The first kappa shape index (κ1) is 17.7. The molecule has 0 aliphatic heterocycles. The topological polar surface area (TPSA) is 96.8 Å². The first-order chi connectivity index (χ1) is 12.7. The molecule has 2 aromatic heterocycles. The summed E-state index contributed by atoms with van der Waals surface area (Å²) >= 11 is 0. The summed E-state index contributed by atoms with van der Waals surface area (Å²) in [4.78, 5) is 14.8. The molecule has 0 saturated carbocycles. The van der Waals surface area contributed by atoms with Crippen LogP contribution in [0.15, 0.2) is 42.7 Å². The molecule has 0 spiro atoms. The van der Waals surface area contributed by atoms with E-state index in [1.807, 2.05) is 35.2 Å². The van der Waals surface area contributed by atoms with E-state index >= 15 is 0 Å². The minimum atomic E-state index is 0.596. The molecule has 3 rings (SSSR count). The monoisotopic (exact) mass is 349 g/mol. The first-order valence-electron chi connectivity index (χ1n) is 8.76. The van der Waals surface area contributed by atoms with Gasteiger partial charge in [0.05, 0.1) is 0 Å².